The monoisotopic (exact) mass is 472 g/mol. The molecule has 0 fully saturated rings. The minimum atomic E-state index is -1.12. The van der Waals surface area contributed by atoms with Crippen molar-refractivity contribution < 1.29 is 24.2 Å². The minimum absolute atomic E-state index is 0.0554. The second kappa shape index (κ2) is 10.4. The maximum atomic E-state index is 13.9. The molecule has 180 valence electrons. The number of nitrogens with zero attached hydrogens (tertiary/aromatic N) is 2. The summed E-state index contributed by atoms with van der Waals surface area (Å²) in [4.78, 5) is 42.0. The van der Waals surface area contributed by atoms with Crippen LogP contribution in [0.2, 0.25) is 0 Å². The molecule has 1 atom stereocenters. The van der Waals surface area contributed by atoms with E-state index >= 15 is 0 Å². The zero-order chi connectivity index (χ0) is 24.9. The number of carboxylic acid groups (broad SMARTS) is 1. The fourth-order valence-corrected chi connectivity index (χ4v) is 4.44. The highest BCUT2D eigenvalue weighted by atomic mass is 16.5. The predicted octanol–water partition coefficient (Wildman–Crippen LogP) is 3.68. The summed E-state index contributed by atoms with van der Waals surface area (Å²) in [6.45, 7) is 1.79. The van der Waals surface area contributed by atoms with E-state index in [0.717, 1.165) is 16.7 Å². The van der Waals surface area contributed by atoms with Crippen molar-refractivity contribution in [2.45, 2.75) is 32.5 Å². The Morgan fingerprint density at radius 1 is 0.971 bits per heavy atom. The lowest BCUT2D eigenvalue weighted by Crippen LogP contribution is -2.54. The summed E-state index contributed by atoms with van der Waals surface area (Å²) in [6, 6.07) is 21.3. The molecule has 0 radical (unpaired) electrons. The fraction of sp³-hybridized carbons (Fsp3) is 0.250. The number of benzene rings is 3. The van der Waals surface area contributed by atoms with E-state index in [0.29, 0.717) is 23.3 Å². The summed E-state index contributed by atoms with van der Waals surface area (Å²) >= 11 is 0. The number of hydrogen-bond donors (Lipinski definition) is 1. The van der Waals surface area contributed by atoms with Crippen LogP contribution in [0.5, 0.6) is 5.75 Å². The lowest BCUT2D eigenvalue weighted by Gasteiger charge is -2.38. The molecule has 1 heterocycles. The van der Waals surface area contributed by atoms with Gasteiger partial charge in [-0.05, 0) is 36.2 Å². The third-order valence-corrected chi connectivity index (χ3v) is 6.28. The van der Waals surface area contributed by atoms with E-state index in [-0.39, 0.29) is 19.0 Å². The Bertz CT molecular complexity index is 1240. The van der Waals surface area contributed by atoms with E-state index in [4.69, 9.17) is 4.74 Å². The zero-order valence-electron chi connectivity index (χ0n) is 19.8. The van der Waals surface area contributed by atoms with Crippen LogP contribution in [0.1, 0.15) is 32.6 Å². The smallest absolute Gasteiger partial charge is 0.323 e. The van der Waals surface area contributed by atoms with Crippen LogP contribution in [-0.2, 0) is 29.1 Å². The number of hydrogen-bond acceptors (Lipinski definition) is 4. The van der Waals surface area contributed by atoms with Crippen molar-refractivity contribution >= 4 is 17.8 Å². The molecule has 1 aliphatic heterocycles. The number of aryl methyl sites for hydroxylation is 1. The quantitative estimate of drug-likeness (QED) is 0.567. The lowest BCUT2D eigenvalue weighted by molar-refractivity contribution is -0.147. The van der Waals surface area contributed by atoms with Crippen LogP contribution in [0.3, 0.4) is 0 Å². The molecule has 4 rings (SSSR count). The molecule has 1 aliphatic rings. The van der Waals surface area contributed by atoms with Crippen molar-refractivity contribution in [2.24, 2.45) is 0 Å². The van der Waals surface area contributed by atoms with Crippen molar-refractivity contribution in [1.29, 1.82) is 0 Å². The number of aliphatic carboxylic acids is 1. The topological polar surface area (TPSA) is 87.2 Å². The third-order valence-electron chi connectivity index (χ3n) is 6.28. The van der Waals surface area contributed by atoms with Crippen molar-refractivity contribution in [3.8, 4) is 5.75 Å². The van der Waals surface area contributed by atoms with Crippen molar-refractivity contribution in [3.63, 3.8) is 0 Å². The van der Waals surface area contributed by atoms with Crippen LogP contribution in [0.4, 0.5) is 0 Å². The third kappa shape index (κ3) is 5.35. The van der Waals surface area contributed by atoms with Gasteiger partial charge in [0.25, 0.3) is 5.91 Å². The van der Waals surface area contributed by atoms with Gasteiger partial charge in [0.15, 0.2) is 0 Å². The van der Waals surface area contributed by atoms with Gasteiger partial charge in [-0.1, -0.05) is 60.2 Å². The number of methoxy groups -OCH3 is 1. The Balaban J connectivity index is 1.70. The van der Waals surface area contributed by atoms with Gasteiger partial charge in [-0.2, -0.15) is 0 Å². The van der Waals surface area contributed by atoms with Crippen LogP contribution in [0.25, 0.3) is 0 Å². The molecule has 0 saturated heterocycles. The van der Waals surface area contributed by atoms with E-state index in [9.17, 15) is 19.5 Å². The summed E-state index contributed by atoms with van der Waals surface area (Å²) < 4.78 is 5.40. The Labute approximate surface area is 204 Å². The average molecular weight is 473 g/mol. The summed E-state index contributed by atoms with van der Waals surface area (Å²) in [5, 5.41) is 9.57. The van der Waals surface area contributed by atoms with Gasteiger partial charge in [0.1, 0.15) is 18.3 Å². The molecule has 1 N–H and O–H groups in total. The average Bonchev–Trinajstić information content (AvgIpc) is 2.87. The van der Waals surface area contributed by atoms with Crippen LogP contribution >= 0.6 is 0 Å². The summed E-state index contributed by atoms with van der Waals surface area (Å²) in [5.41, 5.74) is 4.17. The van der Waals surface area contributed by atoms with Gasteiger partial charge in [0.05, 0.1) is 13.7 Å². The highest BCUT2D eigenvalue weighted by molar-refractivity contribution is 5.98. The molecule has 7 nitrogen and oxygen atoms in total. The molecule has 0 spiro atoms. The molecule has 0 saturated carbocycles. The van der Waals surface area contributed by atoms with E-state index in [1.807, 2.05) is 55.5 Å². The summed E-state index contributed by atoms with van der Waals surface area (Å²) in [6.07, 6.45) is 0.314. The number of ether oxygens (including phenoxy) is 1. The van der Waals surface area contributed by atoms with Gasteiger partial charge in [0.2, 0.25) is 5.91 Å². The van der Waals surface area contributed by atoms with Gasteiger partial charge >= 0.3 is 5.97 Å². The first-order chi connectivity index (χ1) is 16.9. The highest BCUT2D eigenvalue weighted by Gasteiger charge is 2.38. The maximum Gasteiger partial charge on any atom is 0.323 e. The van der Waals surface area contributed by atoms with Gasteiger partial charge in [-0.3, -0.25) is 14.4 Å². The Kier molecular flexibility index (Phi) is 7.15. The molecular weight excluding hydrogens is 444 g/mol. The molecule has 0 aromatic heterocycles. The molecule has 3 aromatic carbocycles. The Morgan fingerprint density at radius 3 is 2.31 bits per heavy atom. The molecule has 0 unspecified atom stereocenters. The number of amides is 2. The second-order valence-electron chi connectivity index (χ2n) is 8.69. The summed E-state index contributed by atoms with van der Waals surface area (Å²) in [7, 11) is 1.53. The molecule has 3 aromatic rings. The van der Waals surface area contributed by atoms with E-state index in [1.165, 1.54) is 12.0 Å². The number of carbonyl (C=O) groups excluding carboxylic acids is 2. The number of carbonyl (C=O) groups is 3. The minimum Gasteiger partial charge on any atom is -0.496 e. The standard InChI is InChI=1S/C28H28N2O5/c1-19-11-13-20(14-12-19)27(33)30-17-22-8-4-3-7-21(22)15-24(30)28(34)29(18-26(31)32)16-23-9-5-6-10-25(23)35-2/h3-14,24H,15-18H2,1-2H3,(H,31,32)/t24-/m1/s1. The SMILES string of the molecule is COc1ccccc1CN(CC(=O)O)C(=O)[C@H]1Cc2ccccc2CN1C(=O)c1ccc(C)cc1. The van der Waals surface area contributed by atoms with Crippen LogP contribution in [0, 0.1) is 6.92 Å². The number of para-hydroxylation sites is 1. The Morgan fingerprint density at radius 2 is 1.63 bits per heavy atom. The molecule has 7 heteroatoms. The lowest BCUT2D eigenvalue weighted by atomic mass is 9.92. The molecule has 2 amide bonds. The molecule has 35 heavy (non-hydrogen) atoms. The van der Waals surface area contributed by atoms with Crippen LogP contribution in [0.15, 0.2) is 72.8 Å². The first-order valence-corrected chi connectivity index (χ1v) is 11.4. The normalized spacial score (nSPS) is 14.7. The largest absolute Gasteiger partial charge is 0.496 e. The highest BCUT2D eigenvalue weighted by Crippen LogP contribution is 2.28. The van der Waals surface area contributed by atoms with E-state index in [2.05, 4.69) is 0 Å². The van der Waals surface area contributed by atoms with Gasteiger partial charge in [0, 0.05) is 24.1 Å². The first-order valence-electron chi connectivity index (χ1n) is 11.4. The second-order valence-corrected chi connectivity index (χ2v) is 8.69. The van der Waals surface area contributed by atoms with Gasteiger partial charge < -0.3 is 19.6 Å². The van der Waals surface area contributed by atoms with E-state index < -0.39 is 24.5 Å². The number of carboxylic acids is 1. The van der Waals surface area contributed by atoms with Gasteiger partial charge in [-0.15, -0.1) is 0 Å². The molecular formula is C28H28N2O5. The van der Waals surface area contributed by atoms with Crippen LogP contribution in [-0.4, -0.2) is 52.4 Å². The van der Waals surface area contributed by atoms with Crippen LogP contribution < -0.4 is 4.74 Å². The van der Waals surface area contributed by atoms with E-state index in [1.54, 1.807) is 29.2 Å². The Hall–Kier alpha value is -4.13. The predicted molar refractivity (Wildman–Crippen MR) is 131 cm³/mol. The first kappa shape index (κ1) is 24.0. The van der Waals surface area contributed by atoms with Crippen molar-refractivity contribution in [3.05, 3.63) is 101 Å². The van der Waals surface area contributed by atoms with Gasteiger partial charge in [-0.25, -0.2) is 0 Å². The summed E-state index contributed by atoms with van der Waals surface area (Å²) in [5.74, 6) is -1.23. The van der Waals surface area contributed by atoms with Crippen molar-refractivity contribution in [1.82, 2.24) is 9.80 Å². The maximum absolute atomic E-state index is 13.9. The number of rotatable bonds is 7. The molecule has 0 bridgehead atoms. The van der Waals surface area contributed by atoms with Crippen molar-refractivity contribution in [2.75, 3.05) is 13.7 Å². The number of fused-ring (bicyclic) bond motifs is 1. The fourth-order valence-electron chi connectivity index (χ4n) is 4.44. The zero-order valence-corrected chi connectivity index (χ0v) is 19.8. The molecule has 0 aliphatic carbocycles.